The Balaban J connectivity index is 1.39. The number of rotatable bonds is 5. The van der Waals surface area contributed by atoms with E-state index in [2.05, 4.69) is 20.6 Å². The molecule has 2 fully saturated rings. The summed E-state index contributed by atoms with van der Waals surface area (Å²) in [4.78, 5) is 23.9. The Morgan fingerprint density at radius 3 is 2.86 bits per heavy atom. The molecule has 2 aliphatic heterocycles. The Labute approximate surface area is 178 Å². The maximum absolute atomic E-state index is 13.3. The number of nitrogens with zero attached hydrogens (tertiary/aromatic N) is 4. The molecular formula is C22H21ClN4OS. The fourth-order valence-corrected chi connectivity index (χ4v) is 5.83. The van der Waals surface area contributed by atoms with Gasteiger partial charge in [0.25, 0.3) is 0 Å². The van der Waals surface area contributed by atoms with E-state index < -0.39 is 0 Å². The van der Waals surface area contributed by atoms with E-state index in [0.29, 0.717) is 11.7 Å². The van der Waals surface area contributed by atoms with E-state index in [9.17, 15) is 4.79 Å². The monoisotopic (exact) mass is 424 g/mol. The smallest absolute Gasteiger partial charge is 0.238 e. The first-order valence-electron chi connectivity index (χ1n) is 10.1. The number of hydrogen-bond acceptors (Lipinski definition) is 4. The molecule has 7 heteroatoms. The average Bonchev–Trinajstić information content (AvgIpc) is 3.38. The molecule has 0 bridgehead atoms. The molecule has 3 aromatic rings. The first kappa shape index (κ1) is 17.8. The number of amides is 1. The highest BCUT2D eigenvalue weighted by Gasteiger charge is 2.59. The van der Waals surface area contributed by atoms with E-state index in [0.717, 1.165) is 59.6 Å². The van der Waals surface area contributed by atoms with Crippen LogP contribution in [-0.2, 0) is 23.3 Å². The van der Waals surface area contributed by atoms with E-state index in [-0.39, 0.29) is 11.3 Å². The Bertz CT molecular complexity index is 1140. The second-order valence-electron chi connectivity index (χ2n) is 8.41. The lowest BCUT2D eigenvalue weighted by atomic mass is 9.99. The lowest BCUT2D eigenvalue weighted by molar-refractivity contribution is -0.120. The maximum atomic E-state index is 13.3. The summed E-state index contributed by atoms with van der Waals surface area (Å²) in [5.74, 6) is 3.53. The summed E-state index contributed by atoms with van der Waals surface area (Å²) in [6.45, 7) is 1.51. The summed E-state index contributed by atoms with van der Waals surface area (Å²) < 4.78 is 2.34. The number of halogens is 1. The van der Waals surface area contributed by atoms with Crippen LogP contribution >= 0.6 is 23.4 Å². The van der Waals surface area contributed by atoms with Crippen LogP contribution in [0.5, 0.6) is 0 Å². The number of aromatic nitrogens is 3. The number of pyridine rings is 2. The highest BCUT2D eigenvalue weighted by Crippen LogP contribution is 2.57. The number of aryl methyl sites for hydroxylation is 1. The second-order valence-corrected chi connectivity index (χ2v) is 9.87. The first-order valence-corrected chi connectivity index (χ1v) is 11.7. The molecule has 1 aliphatic carbocycles. The molecule has 3 aromatic heterocycles. The lowest BCUT2D eigenvalue weighted by Gasteiger charge is -2.26. The zero-order chi connectivity index (χ0) is 19.6. The van der Waals surface area contributed by atoms with Gasteiger partial charge in [-0.15, -0.1) is 0 Å². The summed E-state index contributed by atoms with van der Waals surface area (Å²) in [5.41, 5.74) is 4.06. The molecule has 3 aliphatic rings. The Kier molecular flexibility index (Phi) is 3.97. The number of fused-ring (bicyclic) bond motifs is 3. The van der Waals surface area contributed by atoms with Crippen LogP contribution in [0.25, 0.3) is 10.9 Å². The van der Waals surface area contributed by atoms with Crippen LogP contribution in [0.4, 0.5) is 5.69 Å². The van der Waals surface area contributed by atoms with Gasteiger partial charge in [0.1, 0.15) is 5.15 Å². The number of carbonyl (C=O) groups excluding carboxylic acids is 1. The van der Waals surface area contributed by atoms with Gasteiger partial charge in [0.05, 0.1) is 35.6 Å². The van der Waals surface area contributed by atoms with Gasteiger partial charge in [-0.05, 0) is 60.4 Å². The van der Waals surface area contributed by atoms with Crippen molar-refractivity contribution in [1.29, 1.82) is 0 Å². The van der Waals surface area contributed by atoms with Gasteiger partial charge in [-0.2, -0.15) is 11.8 Å². The van der Waals surface area contributed by atoms with Crippen molar-refractivity contribution in [1.82, 2.24) is 14.5 Å². The molecule has 0 aromatic carbocycles. The zero-order valence-corrected chi connectivity index (χ0v) is 17.5. The Morgan fingerprint density at radius 1 is 1.24 bits per heavy atom. The van der Waals surface area contributed by atoms with Gasteiger partial charge in [0.2, 0.25) is 5.91 Å². The fraction of sp³-hybridized carbons (Fsp3) is 0.409. The van der Waals surface area contributed by atoms with Gasteiger partial charge in [-0.1, -0.05) is 11.6 Å². The van der Waals surface area contributed by atoms with Crippen LogP contribution in [0.1, 0.15) is 30.5 Å². The van der Waals surface area contributed by atoms with Crippen molar-refractivity contribution in [2.45, 2.75) is 37.8 Å². The number of thioether (sulfide) groups is 1. The summed E-state index contributed by atoms with van der Waals surface area (Å²) in [6, 6.07) is 6.10. The highest BCUT2D eigenvalue weighted by molar-refractivity contribution is 8.00. The molecule has 6 rings (SSSR count). The van der Waals surface area contributed by atoms with E-state index in [4.69, 9.17) is 11.6 Å². The molecule has 29 heavy (non-hydrogen) atoms. The maximum Gasteiger partial charge on any atom is 0.238 e. The van der Waals surface area contributed by atoms with Gasteiger partial charge in [0, 0.05) is 23.8 Å². The van der Waals surface area contributed by atoms with Crippen molar-refractivity contribution in [3.8, 4) is 0 Å². The SMILES string of the molecule is O=C1N(Cc2cc3cc(Cl)ncc3n2CCC2CSC2)c2cnccc2C12CC2. The van der Waals surface area contributed by atoms with E-state index in [1.165, 1.54) is 11.5 Å². The third-order valence-corrected chi connectivity index (χ3v) is 8.26. The van der Waals surface area contributed by atoms with Gasteiger partial charge in [-0.3, -0.25) is 9.78 Å². The topological polar surface area (TPSA) is 51.0 Å². The molecule has 0 atom stereocenters. The predicted octanol–water partition coefficient (Wildman–Crippen LogP) is 4.42. The molecule has 0 N–H and O–H groups in total. The quantitative estimate of drug-likeness (QED) is 0.569. The summed E-state index contributed by atoms with van der Waals surface area (Å²) in [7, 11) is 0. The minimum Gasteiger partial charge on any atom is -0.342 e. The largest absolute Gasteiger partial charge is 0.342 e. The molecule has 0 radical (unpaired) electrons. The second kappa shape index (κ2) is 6.47. The van der Waals surface area contributed by atoms with Gasteiger partial charge in [-0.25, -0.2) is 4.98 Å². The summed E-state index contributed by atoms with van der Waals surface area (Å²) in [6.07, 6.45) is 8.56. The van der Waals surface area contributed by atoms with Crippen LogP contribution < -0.4 is 4.90 Å². The predicted molar refractivity (Wildman–Crippen MR) is 117 cm³/mol. The van der Waals surface area contributed by atoms with Gasteiger partial charge in [0.15, 0.2) is 0 Å². The lowest BCUT2D eigenvalue weighted by Crippen LogP contribution is -2.32. The molecular weight excluding hydrogens is 404 g/mol. The Hall–Kier alpha value is -2.05. The Morgan fingerprint density at radius 2 is 2.10 bits per heavy atom. The van der Waals surface area contributed by atoms with E-state index >= 15 is 0 Å². The molecule has 0 unspecified atom stereocenters. The minimum atomic E-state index is -0.289. The van der Waals surface area contributed by atoms with Crippen molar-refractivity contribution in [3.63, 3.8) is 0 Å². The number of hydrogen-bond donors (Lipinski definition) is 0. The summed E-state index contributed by atoms with van der Waals surface area (Å²) >= 11 is 8.17. The van der Waals surface area contributed by atoms with Crippen LogP contribution in [-0.4, -0.2) is 31.9 Å². The number of anilines is 1. The van der Waals surface area contributed by atoms with Crippen LogP contribution in [0.15, 0.2) is 36.8 Å². The van der Waals surface area contributed by atoms with Gasteiger partial charge >= 0.3 is 0 Å². The third kappa shape index (κ3) is 2.72. The molecule has 1 saturated heterocycles. The molecule has 1 saturated carbocycles. The normalized spacial score (nSPS) is 19.8. The number of carbonyl (C=O) groups is 1. The molecule has 5 nitrogen and oxygen atoms in total. The van der Waals surface area contributed by atoms with Crippen molar-refractivity contribution in [3.05, 3.63) is 53.2 Å². The minimum absolute atomic E-state index is 0.226. The van der Waals surface area contributed by atoms with Crippen molar-refractivity contribution in [2.24, 2.45) is 5.92 Å². The molecule has 5 heterocycles. The van der Waals surface area contributed by atoms with Crippen molar-refractivity contribution < 1.29 is 4.79 Å². The van der Waals surface area contributed by atoms with Crippen molar-refractivity contribution in [2.75, 3.05) is 16.4 Å². The zero-order valence-electron chi connectivity index (χ0n) is 16.0. The third-order valence-electron chi connectivity index (χ3n) is 6.64. The van der Waals surface area contributed by atoms with Crippen LogP contribution in [0.3, 0.4) is 0 Å². The fourth-order valence-electron chi connectivity index (χ4n) is 4.76. The van der Waals surface area contributed by atoms with Crippen molar-refractivity contribution >= 4 is 45.9 Å². The van der Waals surface area contributed by atoms with E-state index in [1.807, 2.05) is 41.2 Å². The molecule has 1 spiro atoms. The molecule has 148 valence electrons. The highest BCUT2D eigenvalue weighted by atomic mass is 35.5. The first-order chi connectivity index (χ1) is 14.2. The van der Waals surface area contributed by atoms with Crippen LogP contribution in [0.2, 0.25) is 5.15 Å². The standard InChI is InChI=1S/C22H21ClN4OS/c23-20-8-15-7-16(26(18(15)10-25-20)6-2-14-12-29-13-14)11-27-19-9-24-5-1-17(19)22(3-4-22)21(27)28/h1,5,7-10,14H,2-4,6,11-13H2. The summed E-state index contributed by atoms with van der Waals surface area (Å²) in [5, 5.41) is 1.59. The van der Waals surface area contributed by atoms with E-state index in [1.54, 1.807) is 6.20 Å². The van der Waals surface area contributed by atoms with Crippen LogP contribution in [0, 0.1) is 5.92 Å². The van der Waals surface area contributed by atoms with Gasteiger partial charge < -0.3 is 9.47 Å². The average molecular weight is 425 g/mol. The molecule has 1 amide bonds.